The molecule has 0 aromatic carbocycles. The smallest absolute Gasteiger partial charge is 0.0510 e. The van der Waals surface area contributed by atoms with Crippen LogP contribution in [0.5, 0.6) is 0 Å². The maximum absolute atomic E-state index is 5.52. The Morgan fingerprint density at radius 1 is 1.33 bits per heavy atom. The van der Waals surface area contributed by atoms with Crippen molar-refractivity contribution in [3.8, 4) is 0 Å². The number of nitrogens with one attached hydrogen (secondary N) is 1. The van der Waals surface area contributed by atoms with Gasteiger partial charge >= 0.3 is 0 Å². The zero-order valence-corrected chi connectivity index (χ0v) is 12.2. The lowest BCUT2D eigenvalue weighted by Gasteiger charge is -2.37. The molecule has 2 unspecified atom stereocenters. The molecule has 0 spiro atoms. The summed E-state index contributed by atoms with van der Waals surface area (Å²) < 4.78 is 5.52. The second-order valence-electron chi connectivity index (χ2n) is 5.99. The molecular weight excluding hydrogens is 226 g/mol. The summed E-state index contributed by atoms with van der Waals surface area (Å²) in [5.41, 5.74) is 0. The van der Waals surface area contributed by atoms with Crippen LogP contribution in [0.3, 0.4) is 0 Å². The van der Waals surface area contributed by atoms with Gasteiger partial charge in [0.25, 0.3) is 0 Å². The Morgan fingerprint density at radius 2 is 2.06 bits per heavy atom. The van der Waals surface area contributed by atoms with Gasteiger partial charge in [-0.15, -0.1) is 0 Å². The number of likely N-dealkylation sites (N-methyl/N-ethyl adjacent to an activating group) is 2. The van der Waals surface area contributed by atoms with Gasteiger partial charge < -0.3 is 19.9 Å². The molecule has 0 aromatic rings. The largest absolute Gasteiger partial charge is 0.381 e. The zero-order valence-electron chi connectivity index (χ0n) is 12.2. The molecule has 0 saturated carbocycles. The number of rotatable bonds is 5. The molecule has 2 saturated heterocycles. The molecule has 2 aliphatic rings. The minimum Gasteiger partial charge on any atom is -0.381 e. The third-order valence-corrected chi connectivity index (χ3v) is 4.70. The number of hydrogen-bond acceptors (Lipinski definition) is 4. The molecule has 2 atom stereocenters. The van der Waals surface area contributed by atoms with Gasteiger partial charge in [0.15, 0.2) is 0 Å². The predicted octanol–water partition coefficient (Wildman–Crippen LogP) is 0.637. The van der Waals surface area contributed by atoms with E-state index in [0.29, 0.717) is 12.0 Å². The summed E-state index contributed by atoms with van der Waals surface area (Å²) in [6.45, 7) is 5.52. The fourth-order valence-corrected chi connectivity index (χ4v) is 3.24. The molecule has 0 bridgehead atoms. The Hall–Kier alpha value is -0.160. The Labute approximate surface area is 112 Å². The van der Waals surface area contributed by atoms with Crippen molar-refractivity contribution in [3.05, 3.63) is 0 Å². The predicted molar refractivity (Wildman–Crippen MR) is 74.9 cm³/mol. The van der Waals surface area contributed by atoms with Crippen LogP contribution in [0, 0.1) is 5.92 Å². The van der Waals surface area contributed by atoms with Crippen LogP contribution >= 0.6 is 0 Å². The fourth-order valence-electron chi connectivity index (χ4n) is 3.24. The monoisotopic (exact) mass is 255 g/mol. The Morgan fingerprint density at radius 3 is 2.61 bits per heavy atom. The van der Waals surface area contributed by atoms with Gasteiger partial charge in [0.05, 0.1) is 6.61 Å². The van der Waals surface area contributed by atoms with Crippen LogP contribution in [0.1, 0.15) is 19.3 Å². The normalized spacial score (nSPS) is 29.0. The van der Waals surface area contributed by atoms with Crippen molar-refractivity contribution < 1.29 is 4.74 Å². The van der Waals surface area contributed by atoms with E-state index in [4.69, 9.17) is 4.74 Å². The summed E-state index contributed by atoms with van der Waals surface area (Å²) in [5.74, 6) is 0.698. The second kappa shape index (κ2) is 6.85. The van der Waals surface area contributed by atoms with Crippen LogP contribution in [0.4, 0.5) is 0 Å². The van der Waals surface area contributed by atoms with Gasteiger partial charge in [-0.25, -0.2) is 0 Å². The van der Waals surface area contributed by atoms with E-state index in [1.807, 2.05) is 0 Å². The lowest BCUT2D eigenvalue weighted by Crippen LogP contribution is -2.49. The van der Waals surface area contributed by atoms with E-state index in [2.05, 4.69) is 36.3 Å². The molecule has 0 aliphatic carbocycles. The molecular formula is C14H29N3O. The average molecular weight is 255 g/mol. The Kier molecular flexibility index (Phi) is 5.42. The van der Waals surface area contributed by atoms with Crippen LogP contribution in [-0.4, -0.2) is 75.9 Å². The molecule has 2 aliphatic heterocycles. The van der Waals surface area contributed by atoms with Crippen molar-refractivity contribution in [2.45, 2.75) is 31.3 Å². The highest BCUT2D eigenvalue weighted by Crippen LogP contribution is 2.20. The number of hydrogen-bond donors (Lipinski definition) is 1. The summed E-state index contributed by atoms with van der Waals surface area (Å²) in [7, 11) is 6.60. The van der Waals surface area contributed by atoms with Crippen LogP contribution in [0.15, 0.2) is 0 Å². The molecule has 0 amide bonds. The van der Waals surface area contributed by atoms with Crippen LogP contribution < -0.4 is 5.32 Å². The van der Waals surface area contributed by atoms with E-state index in [0.717, 1.165) is 25.8 Å². The second-order valence-corrected chi connectivity index (χ2v) is 5.99. The first kappa shape index (κ1) is 14.3. The first-order valence-corrected chi connectivity index (χ1v) is 7.34. The third kappa shape index (κ3) is 3.67. The topological polar surface area (TPSA) is 27.7 Å². The highest BCUT2D eigenvalue weighted by atomic mass is 16.5. The maximum Gasteiger partial charge on any atom is 0.0510 e. The van der Waals surface area contributed by atoms with E-state index >= 15 is 0 Å². The van der Waals surface area contributed by atoms with E-state index < -0.39 is 0 Å². The standard InChI is InChI=1S/C14H29N3O/c1-15-14(12-6-9-18-11-12)10-17(3)13-4-7-16(2)8-5-13/h12-15H,4-11H2,1-3H3. The lowest BCUT2D eigenvalue weighted by molar-refractivity contribution is 0.120. The van der Waals surface area contributed by atoms with Crippen LogP contribution in [0.2, 0.25) is 0 Å². The molecule has 106 valence electrons. The summed E-state index contributed by atoms with van der Waals surface area (Å²) in [6, 6.07) is 1.34. The molecule has 4 heteroatoms. The summed E-state index contributed by atoms with van der Waals surface area (Å²) >= 11 is 0. The van der Waals surface area contributed by atoms with Gasteiger partial charge in [-0.1, -0.05) is 0 Å². The fraction of sp³-hybridized carbons (Fsp3) is 1.00. The van der Waals surface area contributed by atoms with E-state index in [-0.39, 0.29) is 0 Å². The van der Waals surface area contributed by atoms with Crippen molar-refractivity contribution >= 4 is 0 Å². The van der Waals surface area contributed by atoms with Crippen molar-refractivity contribution in [1.82, 2.24) is 15.1 Å². The SMILES string of the molecule is CNC(CN(C)C1CCN(C)CC1)C1CCOC1. The maximum atomic E-state index is 5.52. The molecule has 2 rings (SSSR count). The molecule has 2 fully saturated rings. The van der Waals surface area contributed by atoms with Crippen LogP contribution in [-0.2, 0) is 4.74 Å². The van der Waals surface area contributed by atoms with Gasteiger partial charge in [0, 0.05) is 31.2 Å². The Balaban J connectivity index is 1.79. The van der Waals surface area contributed by atoms with Crippen molar-refractivity contribution in [3.63, 3.8) is 0 Å². The van der Waals surface area contributed by atoms with E-state index in [1.165, 1.54) is 32.4 Å². The quantitative estimate of drug-likeness (QED) is 0.780. The molecule has 0 radical (unpaired) electrons. The first-order valence-electron chi connectivity index (χ1n) is 7.34. The summed E-state index contributed by atoms with van der Waals surface area (Å²) in [5, 5.41) is 3.49. The van der Waals surface area contributed by atoms with Crippen LogP contribution in [0.25, 0.3) is 0 Å². The minimum atomic E-state index is 0.581. The van der Waals surface area contributed by atoms with Gasteiger partial charge in [0.2, 0.25) is 0 Å². The molecule has 1 N–H and O–H groups in total. The van der Waals surface area contributed by atoms with Crippen molar-refractivity contribution in [2.75, 3.05) is 54.0 Å². The molecule has 2 heterocycles. The molecule has 4 nitrogen and oxygen atoms in total. The number of nitrogens with zero attached hydrogens (tertiary/aromatic N) is 2. The van der Waals surface area contributed by atoms with Gasteiger partial charge in [0.1, 0.15) is 0 Å². The van der Waals surface area contributed by atoms with Crippen molar-refractivity contribution in [1.29, 1.82) is 0 Å². The van der Waals surface area contributed by atoms with E-state index in [1.54, 1.807) is 0 Å². The Bertz CT molecular complexity index is 235. The minimum absolute atomic E-state index is 0.581. The first-order chi connectivity index (χ1) is 8.70. The number of piperidine rings is 1. The van der Waals surface area contributed by atoms with Gasteiger partial charge in [-0.3, -0.25) is 0 Å². The number of ether oxygens (including phenoxy) is 1. The van der Waals surface area contributed by atoms with Crippen molar-refractivity contribution in [2.24, 2.45) is 5.92 Å². The highest BCUT2D eigenvalue weighted by Gasteiger charge is 2.28. The van der Waals surface area contributed by atoms with E-state index in [9.17, 15) is 0 Å². The highest BCUT2D eigenvalue weighted by molar-refractivity contribution is 4.84. The average Bonchev–Trinajstić information content (AvgIpc) is 2.90. The number of likely N-dealkylation sites (tertiary alicyclic amines) is 1. The molecule has 18 heavy (non-hydrogen) atoms. The summed E-state index contributed by atoms with van der Waals surface area (Å²) in [6.07, 6.45) is 3.84. The van der Waals surface area contributed by atoms with Gasteiger partial charge in [-0.2, -0.15) is 0 Å². The third-order valence-electron chi connectivity index (χ3n) is 4.70. The zero-order chi connectivity index (χ0) is 13.0. The summed E-state index contributed by atoms with van der Waals surface area (Å²) in [4.78, 5) is 5.00. The lowest BCUT2D eigenvalue weighted by atomic mass is 9.97. The molecule has 0 aromatic heterocycles. The van der Waals surface area contributed by atoms with Gasteiger partial charge in [-0.05, 0) is 53.5 Å².